The van der Waals surface area contributed by atoms with Gasteiger partial charge in [-0.2, -0.15) is 0 Å². The molecule has 0 aliphatic carbocycles. The first-order valence-electron chi connectivity index (χ1n) is 4.51. The fourth-order valence-corrected chi connectivity index (χ4v) is 1.95. The van der Waals surface area contributed by atoms with Crippen LogP contribution >= 0.6 is 0 Å². The van der Waals surface area contributed by atoms with E-state index >= 15 is 0 Å². The third kappa shape index (κ3) is 1.58. The van der Waals surface area contributed by atoms with Gasteiger partial charge in [0.1, 0.15) is 6.10 Å². The molecule has 0 aromatic rings. The minimum Gasteiger partial charge on any atom is -0.498 e. The predicted octanol–water partition coefficient (Wildman–Crippen LogP) is 2.97. The lowest BCUT2D eigenvalue weighted by Crippen LogP contribution is -2.20. The molecule has 11 heavy (non-hydrogen) atoms. The summed E-state index contributed by atoms with van der Waals surface area (Å²) in [5.41, 5.74) is 1.48. The summed E-state index contributed by atoms with van der Waals surface area (Å²) in [4.78, 5) is 0. The first kappa shape index (κ1) is 8.63. The lowest BCUT2D eigenvalue weighted by molar-refractivity contribution is 0.131. The summed E-state index contributed by atoms with van der Waals surface area (Å²) < 4.78 is 5.47. The zero-order valence-electron chi connectivity index (χ0n) is 7.92. The maximum atomic E-state index is 5.47. The fraction of sp³-hybridized carbons (Fsp3) is 0.800. The van der Waals surface area contributed by atoms with Crippen molar-refractivity contribution in [2.24, 2.45) is 11.8 Å². The largest absolute Gasteiger partial charge is 0.498 e. The summed E-state index contributed by atoms with van der Waals surface area (Å²) in [6.45, 7) is 8.88. The molecule has 0 aromatic carbocycles. The number of rotatable bonds is 2. The SMILES string of the molecule is CCC1=COC(C)C1C(C)C. The second kappa shape index (κ2) is 3.29. The van der Waals surface area contributed by atoms with Gasteiger partial charge in [-0.15, -0.1) is 0 Å². The van der Waals surface area contributed by atoms with Crippen molar-refractivity contribution in [2.75, 3.05) is 0 Å². The molecule has 0 amide bonds. The van der Waals surface area contributed by atoms with E-state index < -0.39 is 0 Å². The molecule has 0 spiro atoms. The Morgan fingerprint density at radius 2 is 2.18 bits per heavy atom. The van der Waals surface area contributed by atoms with Crippen molar-refractivity contribution in [3.05, 3.63) is 11.8 Å². The van der Waals surface area contributed by atoms with Gasteiger partial charge in [-0.05, 0) is 24.8 Å². The highest BCUT2D eigenvalue weighted by Crippen LogP contribution is 2.33. The monoisotopic (exact) mass is 154 g/mol. The van der Waals surface area contributed by atoms with Crippen LogP contribution in [0.4, 0.5) is 0 Å². The average molecular weight is 154 g/mol. The molecular formula is C10H18O. The van der Waals surface area contributed by atoms with Crippen LogP contribution in [0.25, 0.3) is 0 Å². The van der Waals surface area contributed by atoms with Crippen LogP contribution in [0.2, 0.25) is 0 Å². The smallest absolute Gasteiger partial charge is 0.102 e. The van der Waals surface area contributed by atoms with E-state index in [9.17, 15) is 0 Å². The summed E-state index contributed by atoms with van der Waals surface area (Å²) in [6.07, 6.45) is 3.48. The van der Waals surface area contributed by atoms with Gasteiger partial charge in [0.2, 0.25) is 0 Å². The average Bonchev–Trinajstić information content (AvgIpc) is 2.30. The number of ether oxygens (including phenoxy) is 1. The van der Waals surface area contributed by atoms with Gasteiger partial charge in [0.25, 0.3) is 0 Å². The minimum absolute atomic E-state index is 0.393. The van der Waals surface area contributed by atoms with E-state index in [0.29, 0.717) is 17.9 Å². The van der Waals surface area contributed by atoms with Crippen LogP contribution in [-0.2, 0) is 4.74 Å². The Morgan fingerprint density at radius 1 is 1.55 bits per heavy atom. The van der Waals surface area contributed by atoms with Gasteiger partial charge in [-0.3, -0.25) is 0 Å². The minimum atomic E-state index is 0.393. The van der Waals surface area contributed by atoms with Crippen LogP contribution in [-0.4, -0.2) is 6.10 Å². The van der Waals surface area contributed by atoms with Gasteiger partial charge < -0.3 is 4.74 Å². The highest BCUT2D eigenvalue weighted by molar-refractivity contribution is 5.10. The van der Waals surface area contributed by atoms with Crippen LogP contribution in [0.1, 0.15) is 34.1 Å². The summed E-state index contributed by atoms with van der Waals surface area (Å²) in [5.74, 6) is 1.36. The molecule has 0 bridgehead atoms. The van der Waals surface area contributed by atoms with Crippen LogP contribution in [0, 0.1) is 11.8 Å². The van der Waals surface area contributed by atoms with Gasteiger partial charge >= 0.3 is 0 Å². The Bertz CT molecular complexity index is 158. The third-order valence-electron chi connectivity index (χ3n) is 2.49. The molecule has 0 aromatic heterocycles. The Balaban J connectivity index is 2.66. The predicted molar refractivity (Wildman–Crippen MR) is 47.2 cm³/mol. The summed E-state index contributed by atoms with van der Waals surface area (Å²) in [5, 5.41) is 0. The molecule has 0 saturated heterocycles. The van der Waals surface area contributed by atoms with E-state index in [1.807, 2.05) is 6.26 Å². The van der Waals surface area contributed by atoms with Crippen molar-refractivity contribution < 1.29 is 4.74 Å². The summed E-state index contributed by atoms with van der Waals surface area (Å²) >= 11 is 0. The normalized spacial score (nSPS) is 30.5. The lowest BCUT2D eigenvalue weighted by atomic mass is 9.85. The van der Waals surface area contributed by atoms with Gasteiger partial charge in [-0.25, -0.2) is 0 Å². The van der Waals surface area contributed by atoms with E-state index in [4.69, 9.17) is 4.74 Å². The second-order valence-corrected chi connectivity index (χ2v) is 3.66. The molecule has 2 unspecified atom stereocenters. The molecule has 1 heteroatoms. The van der Waals surface area contributed by atoms with Crippen molar-refractivity contribution >= 4 is 0 Å². The Labute approximate surface area is 69.4 Å². The third-order valence-corrected chi connectivity index (χ3v) is 2.49. The molecule has 64 valence electrons. The van der Waals surface area contributed by atoms with Crippen molar-refractivity contribution in [1.29, 1.82) is 0 Å². The maximum Gasteiger partial charge on any atom is 0.102 e. The van der Waals surface area contributed by atoms with Crippen molar-refractivity contribution in [3.8, 4) is 0 Å². The van der Waals surface area contributed by atoms with Gasteiger partial charge in [-0.1, -0.05) is 20.8 Å². The molecule has 1 rings (SSSR count). The van der Waals surface area contributed by atoms with Crippen LogP contribution in [0.3, 0.4) is 0 Å². The van der Waals surface area contributed by atoms with Crippen molar-refractivity contribution in [2.45, 2.75) is 40.2 Å². The number of hydrogen-bond donors (Lipinski definition) is 0. The summed E-state index contributed by atoms with van der Waals surface area (Å²) in [6, 6.07) is 0. The fourth-order valence-electron chi connectivity index (χ4n) is 1.95. The zero-order valence-corrected chi connectivity index (χ0v) is 7.92. The zero-order chi connectivity index (χ0) is 8.43. The van der Waals surface area contributed by atoms with E-state index in [1.54, 1.807) is 0 Å². The molecule has 0 fully saturated rings. The number of hydrogen-bond acceptors (Lipinski definition) is 1. The molecule has 1 heterocycles. The van der Waals surface area contributed by atoms with E-state index in [2.05, 4.69) is 27.7 Å². The van der Waals surface area contributed by atoms with Crippen molar-refractivity contribution in [1.82, 2.24) is 0 Å². The highest BCUT2D eigenvalue weighted by atomic mass is 16.5. The van der Waals surface area contributed by atoms with Gasteiger partial charge in [0, 0.05) is 5.92 Å². The Morgan fingerprint density at radius 3 is 2.55 bits per heavy atom. The van der Waals surface area contributed by atoms with Crippen molar-refractivity contribution in [3.63, 3.8) is 0 Å². The van der Waals surface area contributed by atoms with Crippen LogP contribution < -0.4 is 0 Å². The molecule has 1 aliphatic rings. The molecule has 1 aliphatic heterocycles. The first-order valence-corrected chi connectivity index (χ1v) is 4.51. The van der Waals surface area contributed by atoms with Gasteiger partial charge in [0.15, 0.2) is 0 Å². The van der Waals surface area contributed by atoms with Crippen LogP contribution in [0.5, 0.6) is 0 Å². The standard InChI is InChI=1S/C10H18O/c1-5-9-6-11-8(4)10(9)7(2)3/h6-8,10H,5H2,1-4H3. The maximum absolute atomic E-state index is 5.47. The summed E-state index contributed by atoms with van der Waals surface area (Å²) in [7, 11) is 0. The quantitative estimate of drug-likeness (QED) is 0.594. The molecule has 0 saturated carbocycles. The molecular weight excluding hydrogens is 136 g/mol. The molecule has 0 radical (unpaired) electrons. The van der Waals surface area contributed by atoms with Crippen LogP contribution in [0.15, 0.2) is 11.8 Å². The molecule has 1 nitrogen and oxygen atoms in total. The second-order valence-electron chi connectivity index (χ2n) is 3.66. The van der Waals surface area contributed by atoms with Gasteiger partial charge in [0.05, 0.1) is 6.26 Å². The Kier molecular flexibility index (Phi) is 2.58. The topological polar surface area (TPSA) is 9.23 Å². The molecule has 0 N–H and O–H groups in total. The van der Waals surface area contributed by atoms with E-state index in [0.717, 1.165) is 6.42 Å². The van der Waals surface area contributed by atoms with E-state index in [1.165, 1.54) is 5.57 Å². The lowest BCUT2D eigenvalue weighted by Gasteiger charge is -2.20. The van der Waals surface area contributed by atoms with E-state index in [-0.39, 0.29) is 0 Å². The Hall–Kier alpha value is -0.460. The molecule has 2 atom stereocenters. The first-order chi connectivity index (χ1) is 5.16. The highest BCUT2D eigenvalue weighted by Gasteiger charge is 2.29.